The molecule has 0 aliphatic rings. The maximum absolute atomic E-state index is 10.3. The molecule has 10 N–H and O–H groups in total. The van der Waals surface area contributed by atoms with E-state index >= 15 is 0 Å². The molecule has 0 aromatic carbocycles. The van der Waals surface area contributed by atoms with Crippen LogP contribution in [-0.4, -0.2) is 192 Å². The van der Waals surface area contributed by atoms with Crippen molar-refractivity contribution in [2.75, 3.05) is 92.5 Å². The lowest BCUT2D eigenvalue weighted by Crippen LogP contribution is -2.53. The van der Waals surface area contributed by atoms with Crippen molar-refractivity contribution in [1.82, 2.24) is 0 Å². The normalized spacial score (nSPS) is 12.5. The average Bonchev–Trinajstić information content (AvgIpc) is 0.844. The summed E-state index contributed by atoms with van der Waals surface area (Å²) >= 11 is 0. The fraction of sp³-hybridized carbons (Fsp3) is 0.867. The second-order valence-corrected chi connectivity index (χ2v) is 28.9. The Hall–Kier alpha value is -3.64. The van der Waals surface area contributed by atoms with Crippen LogP contribution in [0.4, 0.5) is 0 Å². The third-order valence-corrected chi connectivity index (χ3v) is 18.4. The monoisotopic (exact) mass is 1580 g/mol. The van der Waals surface area contributed by atoms with E-state index in [2.05, 4.69) is 76.3 Å². The molecule has 4 atom stereocenters. The molecule has 20 heteroatoms. The van der Waals surface area contributed by atoms with Crippen LogP contribution in [0.2, 0.25) is 0 Å². The minimum Gasteiger partial charge on any atom is -0.481 e. The Morgan fingerprint density at radius 2 is 0.391 bits per heavy atom. The number of hydrogen-bond donors (Lipinski definition) is 10. The molecule has 0 saturated heterocycles. The summed E-state index contributed by atoms with van der Waals surface area (Å²) in [5.41, 5.74) is 0. The molecule has 0 bridgehead atoms. The molecule has 0 aliphatic heterocycles. The summed E-state index contributed by atoms with van der Waals surface area (Å²) in [5.74, 6) is -2.66. The van der Waals surface area contributed by atoms with Crippen LogP contribution in [0.25, 0.3) is 0 Å². The zero-order valence-electron chi connectivity index (χ0n) is 71.0. The molecule has 0 aliphatic carbocycles. The van der Waals surface area contributed by atoms with Crippen LogP contribution in [0.1, 0.15) is 387 Å². The largest absolute Gasteiger partial charge is 0.481 e. The van der Waals surface area contributed by atoms with Crippen LogP contribution in [0.5, 0.6) is 0 Å². The van der Waals surface area contributed by atoms with Crippen molar-refractivity contribution < 1.29 is 98.7 Å². The average molecular weight is 1580 g/mol. The standard InChI is InChI=1S/C18H38O12.4C18H34O2/c19-1-7-25-13-15(27-9-3-21)17(29-11-5-23)18(30-12-6-24)16(28-10-4-22)14-26-8-2-20;4*1-2-3-4-5-6-7-8-9-10-11-12-13-14-15-16-17-18(19)20/h15-24H,1-14H2;4*9-10H,2-8,11-17H2,1H3,(H,19,20)/b;4*10-9-. The molecule has 110 heavy (non-hydrogen) atoms. The topological polar surface area (TPSA) is 326 Å². The van der Waals surface area contributed by atoms with Gasteiger partial charge in [-0.05, 0) is 128 Å². The Morgan fingerprint density at radius 3 is 0.564 bits per heavy atom. The Morgan fingerprint density at radius 1 is 0.227 bits per heavy atom. The van der Waals surface area contributed by atoms with Crippen LogP contribution in [-0.2, 0) is 47.6 Å². The first-order valence-corrected chi connectivity index (χ1v) is 44.5. The van der Waals surface area contributed by atoms with Crippen molar-refractivity contribution in [2.45, 2.75) is 412 Å². The van der Waals surface area contributed by atoms with Gasteiger partial charge in [0.1, 0.15) is 24.4 Å². The van der Waals surface area contributed by atoms with Crippen molar-refractivity contribution in [3.8, 4) is 0 Å². The zero-order chi connectivity index (χ0) is 82.0. The van der Waals surface area contributed by atoms with Crippen molar-refractivity contribution in [1.29, 1.82) is 0 Å². The maximum Gasteiger partial charge on any atom is 0.303 e. The smallest absolute Gasteiger partial charge is 0.303 e. The molecular formula is C90H174O20. The molecule has 0 aromatic heterocycles. The summed E-state index contributed by atoms with van der Waals surface area (Å²) < 4.78 is 33.5. The van der Waals surface area contributed by atoms with Gasteiger partial charge in [-0.3, -0.25) is 19.2 Å². The van der Waals surface area contributed by atoms with E-state index < -0.39 is 48.3 Å². The zero-order valence-corrected chi connectivity index (χ0v) is 71.0. The lowest BCUT2D eigenvalue weighted by Gasteiger charge is -2.37. The maximum atomic E-state index is 10.3. The number of carboxylic acid groups (broad SMARTS) is 4. The Kier molecular flexibility index (Phi) is 110. The number of aliphatic hydroxyl groups is 6. The fourth-order valence-corrected chi connectivity index (χ4v) is 12.0. The number of carboxylic acids is 4. The number of aliphatic carboxylic acids is 4. The van der Waals surface area contributed by atoms with Gasteiger partial charge in [-0.1, -0.05) is 282 Å². The summed E-state index contributed by atoms with van der Waals surface area (Å²) in [6, 6.07) is 0. The Labute approximate surface area is 672 Å². The molecule has 0 rings (SSSR count). The highest BCUT2D eigenvalue weighted by atomic mass is 16.6. The van der Waals surface area contributed by atoms with E-state index in [0.717, 1.165) is 51.4 Å². The third-order valence-electron chi connectivity index (χ3n) is 18.4. The van der Waals surface area contributed by atoms with E-state index in [9.17, 15) is 29.4 Å². The predicted octanol–water partition coefficient (Wildman–Crippen LogP) is 20.9. The quantitative estimate of drug-likeness (QED) is 0.0200. The van der Waals surface area contributed by atoms with E-state index in [1.807, 2.05) is 0 Å². The molecule has 4 unspecified atom stereocenters. The van der Waals surface area contributed by atoms with E-state index in [1.165, 1.54) is 283 Å². The molecule has 0 heterocycles. The second-order valence-electron chi connectivity index (χ2n) is 28.9. The van der Waals surface area contributed by atoms with E-state index in [1.54, 1.807) is 0 Å². The van der Waals surface area contributed by atoms with Gasteiger partial charge in [-0.15, -0.1) is 0 Å². The van der Waals surface area contributed by atoms with Crippen molar-refractivity contribution in [2.24, 2.45) is 0 Å². The molecule has 0 saturated carbocycles. The molecule has 0 radical (unpaired) electrons. The summed E-state index contributed by atoms with van der Waals surface area (Å²) in [4.78, 5) is 41.3. The minimum absolute atomic E-state index is 0.0140. The third kappa shape index (κ3) is 106. The molecule has 654 valence electrons. The number of hydrogen-bond acceptors (Lipinski definition) is 16. The highest BCUT2D eigenvalue weighted by Crippen LogP contribution is 2.21. The molecule has 20 nitrogen and oxygen atoms in total. The van der Waals surface area contributed by atoms with E-state index in [4.69, 9.17) is 69.3 Å². The van der Waals surface area contributed by atoms with Gasteiger partial charge >= 0.3 is 23.9 Å². The number of unbranched alkanes of at least 4 members (excludes halogenated alkanes) is 44. The van der Waals surface area contributed by atoms with Crippen LogP contribution in [0.15, 0.2) is 48.6 Å². The number of carbonyl (C=O) groups is 4. The lowest BCUT2D eigenvalue weighted by molar-refractivity contribution is -0.203. The van der Waals surface area contributed by atoms with Crippen LogP contribution in [0, 0.1) is 0 Å². The van der Waals surface area contributed by atoms with E-state index in [-0.39, 0.29) is 92.5 Å². The van der Waals surface area contributed by atoms with Crippen LogP contribution < -0.4 is 0 Å². The van der Waals surface area contributed by atoms with Gasteiger partial charge in [0.15, 0.2) is 0 Å². The van der Waals surface area contributed by atoms with Crippen LogP contribution >= 0.6 is 0 Å². The van der Waals surface area contributed by atoms with Gasteiger partial charge in [0, 0.05) is 25.7 Å². The number of rotatable bonds is 83. The van der Waals surface area contributed by atoms with Gasteiger partial charge in [-0.25, -0.2) is 0 Å². The Bertz CT molecular complexity index is 1670. The van der Waals surface area contributed by atoms with Crippen LogP contribution in [0.3, 0.4) is 0 Å². The minimum atomic E-state index is -0.879. The number of aliphatic hydroxyl groups excluding tert-OH is 6. The van der Waals surface area contributed by atoms with Gasteiger partial charge < -0.3 is 79.5 Å². The van der Waals surface area contributed by atoms with Crippen molar-refractivity contribution >= 4 is 23.9 Å². The lowest BCUT2D eigenvalue weighted by atomic mass is 10.0. The summed E-state index contributed by atoms with van der Waals surface area (Å²) in [6.45, 7) is 7.47. The molecule has 0 aromatic rings. The van der Waals surface area contributed by atoms with Gasteiger partial charge in [0.2, 0.25) is 0 Å². The summed E-state index contributed by atoms with van der Waals surface area (Å²) in [7, 11) is 0. The fourth-order valence-electron chi connectivity index (χ4n) is 12.0. The van der Waals surface area contributed by atoms with Gasteiger partial charge in [-0.2, -0.15) is 0 Å². The van der Waals surface area contributed by atoms with Gasteiger partial charge in [0.25, 0.3) is 0 Å². The second kappa shape index (κ2) is 105. The number of ether oxygens (including phenoxy) is 6. The first-order valence-electron chi connectivity index (χ1n) is 44.5. The first-order chi connectivity index (χ1) is 53.8. The highest BCUT2D eigenvalue weighted by Gasteiger charge is 2.38. The highest BCUT2D eigenvalue weighted by molar-refractivity contribution is 5.67. The molecule has 0 spiro atoms. The molecule has 0 fully saturated rings. The molecular weight excluding hydrogens is 1400 g/mol. The first kappa shape index (κ1) is 115. The van der Waals surface area contributed by atoms with Crippen molar-refractivity contribution in [3.63, 3.8) is 0 Å². The number of allylic oxidation sites excluding steroid dienone is 8. The Balaban J connectivity index is -0.000000422. The van der Waals surface area contributed by atoms with Crippen molar-refractivity contribution in [3.05, 3.63) is 48.6 Å². The van der Waals surface area contributed by atoms with E-state index in [0.29, 0.717) is 25.7 Å². The predicted molar refractivity (Wildman–Crippen MR) is 451 cm³/mol. The molecule has 0 amide bonds. The summed E-state index contributed by atoms with van der Waals surface area (Å²) in [6.07, 6.45) is 81.6. The SMILES string of the molecule is CCCCCCCC/C=C\CCCCCCCC(=O)O.CCCCCCCC/C=C\CCCCCCCC(=O)O.CCCCCCCC/C=C\CCCCCCCC(=O)O.CCCCCCCC/C=C\CCCCCCCC(=O)O.OCCOCC(OCCO)C(OCCO)C(OCCO)C(COCCO)OCCO. The summed E-state index contributed by atoms with van der Waals surface area (Å²) in [5, 5.41) is 88.7. The van der Waals surface area contributed by atoms with Gasteiger partial charge in [0.05, 0.1) is 92.5 Å².